The minimum absolute atomic E-state index is 0.103. The van der Waals surface area contributed by atoms with Crippen LogP contribution in [0.1, 0.15) is 36.7 Å². The second kappa shape index (κ2) is 6.14. The molecule has 122 valence electrons. The van der Waals surface area contributed by atoms with Crippen LogP contribution in [-0.2, 0) is 5.92 Å². The molecule has 0 atom stereocenters. The molecule has 0 aliphatic carbocycles. The number of alkyl halides is 2. The van der Waals surface area contributed by atoms with Crippen molar-refractivity contribution in [3.05, 3.63) is 59.2 Å². The first-order chi connectivity index (χ1) is 10.6. The van der Waals surface area contributed by atoms with E-state index in [1.165, 1.54) is 24.3 Å². The van der Waals surface area contributed by atoms with Crippen molar-refractivity contribution in [1.82, 2.24) is 0 Å². The fourth-order valence-electron chi connectivity index (χ4n) is 2.24. The molecular formula is C18H16F4O. The number of carbonyl (C=O) groups is 1. The Balaban J connectivity index is 2.53. The largest absolute Gasteiger partial charge is 0.294 e. The molecule has 0 amide bonds. The molecule has 2 aromatic rings. The molecule has 0 spiro atoms. The number of benzene rings is 2. The van der Waals surface area contributed by atoms with Crippen molar-refractivity contribution >= 4 is 5.78 Å². The molecule has 0 aromatic heterocycles. The average Bonchev–Trinajstić information content (AvgIpc) is 2.45. The Labute approximate surface area is 132 Å². The van der Waals surface area contributed by atoms with E-state index in [0.29, 0.717) is 0 Å². The van der Waals surface area contributed by atoms with Crippen LogP contribution in [0.4, 0.5) is 17.6 Å². The van der Waals surface area contributed by atoms with E-state index in [4.69, 9.17) is 0 Å². The third-order valence-corrected chi connectivity index (χ3v) is 3.52. The normalized spacial score (nSPS) is 11.8. The summed E-state index contributed by atoms with van der Waals surface area (Å²) in [6.07, 6.45) is 0. The third kappa shape index (κ3) is 3.60. The van der Waals surface area contributed by atoms with Crippen molar-refractivity contribution in [3.8, 4) is 11.1 Å². The van der Waals surface area contributed by atoms with E-state index in [1.54, 1.807) is 13.8 Å². The minimum Gasteiger partial charge on any atom is -0.294 e. The molecule has 0 saturated carbocycles. The van der Waals surface area contributed by atoms with Gasteiger partial charge in [0.15, 0.2) is 5.78 Å². The van der Waals surface area contributed by atoms with Gasteiger partial charge >= 0.3 is 0 Å². The predicted molar refractivity (Wildman–Crippen MR) is 80.5 cm³/mol. The Hall–Kier alpha value is -2.17. The van der Waals surface area contributed by atoms with Gasteiger partial charge < -0.3 is 0 Å². The van der Waals surface area contributed by atoms with Crippen LogP contribution in [0.3, 0.4) is 0 Å². The number of hydrogen-bond acceptors (Lipinski definition) is 1. The Bertz CT molecular complexity index is 722. The second-order valence-electron chi connectivity index (χ2n) is 5.80. The monoisotopic (exact) mass is 324 g/mol. The molecule has 1 nitrogen and oxygen atoms in total. The van der Waals surface area contributed by atoms with Gasteiger partial charge in [0.25, 0.3) is 5.92 Å². The highest BCUT2D eigenvalue weighted by Gasteiger charge is 2.25. The zero-order valence-electron chi connectivity index (χ0n) is 13.0. The van der Waals surface area contributed by atoms with E-state index in [1.807, 2.05) is 0 Å². The highest BCUT2D eigenvalue weighted by atomic mass is 19.3. The highest BCUT2D eigenvalue weighted by Crippen LogP contribution is 2.32. The first kappa shape index (κ1) is 17.2. The van der Waals surface area contributed by atoms with Crippen LogP contribution in [0.5, 0.6) is 0 Å². The van der Waals surface area contributed by atoms with Crippen molar-refractivity contribution in [2.45, 2.75) is 26.7 Å². The van der Waals surface area contributed by atoms with Crippen LogP contribution in [0.2, 0.25) is 0 Å². The van der Waals surface area contributed by atoms with Gasteiger partial charge in [0.2, 0.25) is 0 Å². The second-order valence-corrected chi connectivity index (χ2v) is 5.80. The summed E-state index contributed by atoms with van der Waals surface area (Å²) >= 11 is 0. The molecule has 0 bridgehead atoms. The summed E-state index contributed by atoms with van der Waals surface area (Å²) in [5.74, 6) is -6.23. The van der Waals surface area contributed by atoms with E-state index in [0.717, 1.165) is 19.1 Å². The lowest BCUT2D eigenvalue weighted by Crippen LogP contribution is -2.12. The SMILES string of the molecule is CC(C)C(=O)c1c(F)cc(-c2cccc(C(C)(F)F)c2)cc1F. The zero-order valence-corrected chi connectivity index (χ0v) is 13.0. The average molecular weight is 324 g/mol. The van der Waals surface area contributed by atoms with E-state index in [9.17, 15) is 22.4 Å². The molecule has 5 heteroatoms. The predicted octanol–water partition coefficient (Wildman–Crippen LogP) is 5.58. The number of ketones is 1. The zero-order chi connectivity index (χ0) is 17.4. The van der Waals surface area contributed by atoms with Crippen molar-refractivity contribution in [1.29, 1.82) is 0 Å². The molecule has 0 heterocycles. The molecule has 0 N–H and O–H groups in total. The van der Waals surface area contributed by atoms with Gasteiger partial charge in [0.1, 0.15) is 11.6 Å². The number of rotatable bonds is 4. The van der Waals surface area contributed by atoms with Crippen LogP contribution in [0.15, 0.2) is 36.4 Å². The van der Waals surface area contributed by atoms with Gasteiger partial charge in [-0.05, 0) is 29.3 Å². The maximum atomic E-state index is 14.1. The number of Topliss-reactive ketones (excluding diaryl/α,β-unsaturated/α-hetero) is 1. The summed E-state index contributed by atoms with van der Waals surface area (Å²) in [7, 11) is 0. The van der Waals surface area contributed by atoms with Gasteiger partial charge in [-0.3, -0.25) is 4.79 Å². The molecule has 2 aromatic carbocycles. The summed E-state index contributed by atoms with van der Waals surface area (Å²) in [6.45, 7) is 3.83. The Morgan fingerprint density at radius 2 is 1.57 bits per heavy atom. The van der Waals surface area contributed by atoms with E-state index in [-0.39, 0.29) is 16.7 Å². The van der Waals surface area contributed by atoms with E-state index < -0.39 is 34.8 Å². The summed E-state index contributed by atoms with van der Waals surface area (Å²) in [6, 6.07) is 7.28. The summed E-state index contributed by atoms with van der Waals surface area (Å²) in [4.78, 5) is 11.8. The van der Waals surface area contributed by atoms with Crippen LogP contribution in [0, 0.1) is 17.6 Å². The van der Waals surface area contributed by atoms with Crippen LogP contribution in [0.25, 0.3) is 11.1 Å². The number of carbonyl (C=O) groups excluding carboxylic acids is 1. The molecular weight excluding hydrogens is 308 g/mol. The lowest BCUT2D eigenvalue weighted by atomic mass is 9.95. The van der Waals surface area contributed by atoms with Crippen molar-refractivity contribution in [2.24, 2.45) is 5.92 Å². The van der Waals surface area contributed by atoms with Crippen molar-refractivity contribution < 1.29 is 22.4 Å². The van der Waals surface area contributed by atoms with Gasteiger partial charge in [-0.2, -0.15) is 0 Å². The van der Waals surface area contributed by atoms with Crippen LogP contribution >= 0.6 is 0 Å². The lowest BCUT2D eigenvalue weighted by Gasteiger charge is -2.13. The number of halogens is 4. The van der Waals surface area contributed by atoms with Gasteiger partial charge in [-0.25, -0.2) is 17.6 Å². The standard InChI is InChI=1S/C18H16F4O/c1-10(2)17(23)16-14(19)8-12(9-15(16)20)11-5-4-6-13(7-11)18(3,21)22/h4-10H,1-3H3. The molecule has 0 radical (unpaired) electrons. The fourth-order valence-corrected chi connectivity index (χ4v) is 2.24. The molecule has 0 aliphatic rings. The summed E-state index contributed by atoms with van der Waals surface area (Å²) in [5, 5.41) is 0. The molecule has 0 saturated heterocycles. The van der Waals surface area contributed by atoms with Crippen molar-refractivity contribution in [3.63, 3.8) is 0 Å². The first-order valence-corrected chi connectivity index (χ1v) is 7.13. The molecule has 0 unspecified atom stereocenters. The Morgan fingerprint density at radius 3 is 2.04 bits per heavy atom. The fraction of sp³-hybridized carbons (Fsp3) is 0.278. The minimum atomic E-state index is -3.05. The first-order valence-electron chi connectivity index (χ1n) is 7.13. The summed E-state index contributed by atoms with van der Waals surface area (Å²) < 4.78 is 55.0. The van der Waals surface area contributed by atoms with Crippen molar-refractivity contribution in [2.75, 3.05) is 0 Å². The van der Waals surface area contributed by atoms with E-state index >= 15 is 0 Å². The van der Waals surface area contributed by atoms with Gasteiger partial charge in [-0.15, -0.1) is 0 Å². The van der Waals surface area contributed by atoms with Gasteiger partial charge in [-0.1, -0.05) is 32.0 Å². The van der Waals surface area contributed by atoms with Gasteiger partial charge in [0, 0.05) is 18.4 Å². The summed E-state index contributed by atoms with van der Waals surface area (Å²) in [5.41, 5.74) is -0.490. The van der Waals surface area contributed by atoms with E-state index in [2.05, 4.69) is 0 Å². The Morgan fingerprint density at radius 1 is 1.00 bits per heavy atom. The Kier molecular flexibility index (Phi) is 4.59. The van der Waals surface area contributed by atoms with Crippen LogP contribution in [-0.4, -0.2) is 5.78 Å². The molecule has 0 aliphatic heterocycles. The molecule has 2 rings (SSSR count). The maximum Gasteiger partial charge on any atom is 0.270 e. The molecule has 0 fully saturated rings. The topological polar surface area (TPSA) is 17.1 Å². The van der Waals surface area contributed by atoms with Crippen LogP contribution < -0.4 is 0 Å². The molecule has 23 heavy (non-hydrogen) atoms. The lowest BCUT2D eigenvalue weighted by molar-refractivity contribution is 0.0175. The third-order valence-electron chi connectivity index (χ3n) is 3.52. The quantitative estimate of drug-likeness (QED) is 0.530. The highest BCUT2D eigenvalue weighted by molar-refractivity contribution is 5.98. The number of hydrogen-bond donors (Lipinski definition) is 0. The maximum absolute atomic E-state index is 14.1. The van der Waals surface area contributed by atoms with Gasteiger partial charge in [0.05, 0.1) is 5.56 Å². The smallest absolute Gasteiger partial charge is 0.270 e.